The lowest BCUT2D eigenvalue weighted by Crippen LogP contribution is -2.48. The van der Waals surface area contributed by atoms with Crippen molar-refractivity contribution in [3.63, 3.8) is 0 Å². The summed E-state index contributed by atoms with van der Waals surface area (Å²) in [4.78, 5) is 15.8. The van der Waals surface area contributed by atoms with Gasteiger partial charge in [0.15, 0.2) is 0 Å². The molecule has 1 amide bonds. The average Bonchev–Trinajstić information content (AvgIpc) is 3.14. The zero-order valence-corrected chi connectivity index (χ0v) is 17.2. The van der Waals surface area contributed by atoms with Crippen LogP contribution in [0.5, 0.6) is 0 Å². The van der Waals surface area contributed by atoms with E-state index in [1.807, 2.05) is 11.8 Å². The fraction of sp³-hybridized carbons (Fsp3) is 0.381. The van der Waals surface area contributed by atoms with Gasteiger partial charge >= 0.3 is 0 Å². The minimum absolute atomic E-state index is 0.0768. The molecular formula is C21H24FN3O3S. The summed E-state index contributed by atoms with van der Waals surface area (Å²) in [6.45, 7) is 3.95. The maximum Gasteiger partial charge on any atom is 0.243 e. The average molecular weight is 418 g/mol. The third-order valence-electron chi connectivity index (χ3n) is 5.60. The summed E-state index contributed by atoms with van der Waals surface area (Å²) in [5.74, 6) is -0.223. The molecule has 2 aromatic carbocycles. The van der Waals surface area contributed by atoms with Crippen molar-refractivity contribution in [1.82, 2.24) is 4.31 Å². The lowest BCUT2D eigenvalue weighted by Gasteiger charge is -2.35. The predicted octanol–water partition coefficient (Wildman–Crippen LogP) is 2.77. The third-order valence-corrected chi connectivity index (χ3v) is 7.50. The highest BCUT2D eigenvalue weighted by Crippen LogP contribution is 2.29. The summed E-state index contributed by atoms with van der Waals surface area (Å²) < 4.78 is 41.6. The van der Waals surface area contributed by atoms with Crippen LogP contribution in [0.15, 0.2) is 47.4 Å². The second-order valence-corrected chi connectivity index (χ2v) is 9.38. The zero-order valence-electron chi connectivity index (χ0n) is 16.3. The molecule has 29 heavy (non-hydrogen) atoms. The molecule has 6 nitrogen and oxygen atoms in total. The highest BCUT2D eigenvalue weighted by Gasteiger charge is 2.30. The number of aryl methyl sites for hydroxylation is 1. The number of hydrogen-bond donors (Lipinski definition) is 0. The first-order valence-electron chi connectivity index (χ1n) is 9.78. The molecule has 0 aliphatic carbocycles. The van der Waals surface area contributed by atoms with E-state index in [1.165, 1.54) is 10.4 Å². The van der Waals surface area contributed by atoms with Crippen molar-refractivity contribution in [1.29, 1.82) is 0 Å². The molecule has 2 aromatic rings. The number of benzene rings is 2. The number of halogens is 1. The van der Waals surface area contributed by atoms with Gasteiger partial charge in [0, 0.05) is 44.8 Å². The van der Waals surface area contributed by atoms with Crippen LogP contribution in [0.2, 0.25) is 0 Å². The number of nitrogens with zero attached hydrogens (tertiary/aromatic N) is 3. The molecule has 2 heterocycles. The van der Waals surface area contributed by atoms with E-state index in [0.717, 1.165) is 17.7 Å². The molecule has 0 aromatic heterocycles. The quantitative estimate of drug-likeness (QED) is 0.768. The van der Waals surface area contributed by atoms with Crippen molar-refractivity contribution in [2.75, 3.05) is 42.5 Å². The molecule has 8 heteroatoms. The molecule has 0 spiro atoms. The van der Waals surface area contributed by atoms with Crippen molar-refractivity contribution < 1.29 is 17.6 Å². The van der Waals surface area contributed by atoms with Gasteiger partial charge in [-0.3, -0.25) is 4.79 Å². The predicted molar refractivity (Wildman–Crippen MR) is 110 cm³/mol. The number of piperazine rings is 1. The largest absolute Gasteiger partial charge is 0.367 e. The standard InChI is InChI=1S/C21H24FN3O3S/c1-16-15-17(8-9-19(16)25-10-4-7-21(25)26)29(27,28)24-13-11-23(12-14-24)20-6-3-2-5-18(20)22/h2-3,5-6,8-9,15H,4,7,10-14H2,1H3. The van der Waals surface area contributed by atoms with Gasteiger partial charge in [-0.2, -0.15) is 4.31 Å². The van der Waals surface area contributed by atoms with Crippen LogP contribution in [-0.2, 0) is 14.8 Å². The van der Waals surface area contributed by atoms with Crippen molar-refractivity contribution in [2.45, 2.75) is 24.7 Å². The van der Waals surface area contributed by atoms with Crippen molar-refractivity contribution in [3.05, 3.63) is 53.8 Å². The Balaban J connectivity index is 1.50. The second kappa shape index (κ2) is 7.76. The van der Waals surface area contributed by atoms with Gasteiger partial charge in [-0.1, -0.05) is 12.1 Å². The van der Waals surface area contributed by atoms with Gasteiger partial charge in [0.1, 0.15) is 5.82 Å². The third kappa shape index (κ3) is 3.74. The molecular weight excluding hydrogens is 393 g/mol. The first kappa shape index (κ1) is 19.8. The van der Waals surface area contributed by atoms with E-state index in [-0.39, 0.29) is 16.6 Å². The van der Waals surface area contributed by atoms with Crippen molar-refractivity contribution in [2.24, 2.45) is 0 Å². The first-order chi connectivity index (χ1) is 13.9. The van der Waals surface area contributed by atoms with E-state index in [9.17, 15) is 17.6 Å². The fourth-order valence-electron chi connectivity index (χ4n) is 4.02. The fourth-order valence-corrected chi connectivity index (χ4v) is 5.53. The van der Waals surface area contributed by atoms with E-state index in [1.54, 1.807) is 41.3 Å². The van der Waals surface area contributed by atoms with Crippen LogP contribution < -0.4 is 9.80 Å². The van der Waals surface area contributed by atoms with E-state index in [0.29, 0.717) is 44.8 Å². The van der Waals surface area contributed by atoms with E-state index in [2.05, 4.69) is 0 Å². The SMILES string of the molecule is Cc1cc(S(=O)(=O)N2CCN(c3ccccc3F)CC2)ccc1N1CCCC1=O. The zero-order chi connectivity index (χ0) is 20.6. The summed E-state index contributed by atoms with van der Waals surface area (Å²) in [5.41, 5.74) is 2.04. The molecule has 0 bridgehead atoms. The number of para-hydroxylation sites is 1. The highest BCUT2D eigenvalue weighted by atomic mass is 32.2. The van der Waals surface area contributed by atoms with Gasteiger partial charge in [0.25, 0.3) is 0 Å². The highest BCUT2D eigenvalue weighted by molar-refractivity contribution is 7.89. The van der Waals surface area contributed by atoms with Crippen LogP contribution in [0.3, 0.4) is 0 Å². The summed E-state index contributed by atoms with van der Waals surface area (Å²) in [5, 5.41) is 0. The molecule has 0 atom stereocenters. The van der Waals surface area contributed by atoms with Gasteiger partial charge in [0.2, 0.25) is 15.9 Å². The number of carbonyl (C=O) groups excluding carboxylic acids is 1. The van der Waals surface area contributed by atoms with Crippen LogP contribution in [-0.4, -0.2) is 51.4 Å². The van der Waals surface area contributed by atoms with Gasteiger partial charge in [-0.15, -0.1) is 0 Å². The van der Waals surface area contributed by atoms with Crippen LogP contribution in [0.1, 0.15) is 18.4 Å². The Morgan fingerprint density at radius 1 is 0.931 bits per heavy atom. The van der Waals surface area contributed by atoms with E-state index >= 15 is 0 Å². The molecule has 2 aliphatic heterocycles. The maximum absolute atomic E-state index is 14.0. The summed E-state index contributed by atoms with van der Waals surface area (Å²) in [7, 11) is -3.64. The minimum atomic E-state index is -3.64. The number of anilines is 2. The van der Waals surface area contributed by atoms with Crippen LogP contribution >= 0.6 is 0 Å². The van der Waals surface area contributed by atoms with Gasteiger partial charge in [-0.05, 0) is 49.2 Å². The Bertz CT molecular complexity index is 1030. The molecule has 4 rings (SSSR count). The number of amides is 1. The molecule has 154 valence electrons. The van der Waals surface area contributed by atoms with E-state index < -0.39 is 10.0 Å². The molecule has 0 N–H and O–H groups in total. The molecule has 2 saturated heterocycles. The number of hydrogen-bond acceptors (Lipinski definition) is 4. The van der Waals surface area contributed by atoms with Gasteiger partial charge in [-0.25, -0.2) is 12.8 Å². The Kier molecular flexibility index (Phi) is 5.31. The molecule has 0 unspecified atom stereocenters. The van der Waals surface area contributed by atoms with E-state index in [4.69, 9.17) is 0 Å². The number of sulfonamides is 1. The Labute approximate surface area is 170 Å². The normalized spacial score (nSPS) is 18.5. The first-order valence-corrected chi connectivity index (χ1v) is 11.2. The maximum atomic E-state index is 14.0. The number of carbonyl (C=O) groups is 1. The molecule has 2 fully saturated rings. The van der Waals surface area contributed by atoms with Crippen molar-refractivity contribution in [3.8, 4) is 0 Å². The smallest absolute Gasteiger partial charge is 0.243 e. The summed E-state index contributed by atoms with van der Waals surface area (Å²) in [6, 6.07) is 11.5. The Morgan fingerprint density at radius 3 is 2.28 bits per heavy atom. The van der Waals surface area contributed by atoms with Crippen LogP contribution in [0.4, 0.5) is 15.8 Å². The van der Waals surface area contributed by atoms with Gasteiger partial charge < -0.3 is 9.80 Å². The van der Waals surface area contributed by atoms with Gasteiger partial charge in [0.05, 0.1) is 10.6 Å². The Hall–Kier alpha value is -2.45. The second-order valence-electron chi connectivity index (χ2n) is 7.44. The van der Waals surface area contributed by atoms with Crippen LogP contribution in [0, 0.1) is 12.7 Å². The lowest BCUT2D eigenvalue weighted by molar-refractivity contribution is -0.117. The monoisotopic (exact) mass is 417 g/mol. The molecule has 2 aliphatic rings. The minimum Gasteiger partial charge on any atom is -0.367 e. The summed E-state index contributed by atoms with van der Waals surface area (Å²) >= 11 is 0. The topological polar surface area (TPSA) is 60.9 Å². The molecule has 0 radical (unpaired) electrons. The molecule has 0 saturated carbocycles. The van der Waals surface area contributed by atoms with Crippen molar-refractivity contribution >= 4 is 27.3 Å². The summed E-state index contributed by atoms with van der Waals surface area (Å²) in [6.07, 6.45) is 1.36. The Morgan fingerprint density at radius 2 is 1.66 bits per heavy atom. The lowest BCUT2D eigenvalue weighted by atomic mass is 10.2. The van der Waals surface area contributed by atoms with Crippen LogP contribution in [0.25, 0.3) is 0 Å². The number of rotatable bonds is 4.